The zero-order valence-corrected chi connectivity index (χ0v) is 12.4. The molecule has 2 nitrogen and oxygen atoms in total. The Balaban J connectivity index is 0.000000811. The van der Waals surface area contributed by atoms with E-state index in [1.807, 2.05) is 26.0 Å². The Morgan fingerprint density at radius 3 is 2.12 bits per heavy atom. The summed E-state index contributed by atoms with van der Waals surface area (Å²) in [4.78, 5) is 0. The van der Waals surface area contributed by atoms with Crippen LogP contribution in [0.3, 0.4) is 0 Å². The molecule has 2 rings (SSSR count). The van der Waals surface area contributed by atoms with Crippen LogP contribution in [0.4, 0.5) is 0 Å². The van der Waals surface area contributed by atoms with E-state index in [-0.39, 0.29) is 18.6 Å². The fraction of sp³-hybridized carbons (Fsp3) is 0.571. The van der Waals surface area contributed by atoms with E-state index in [0.29, 0.717) is 6.10 Å². The SMILES string of the molecule is CC.Cc1ccc(OC2CCOCC2)cc1.[V]. The second-order valence-electron chi connectivity index (χ2n) is 3.74. The molecule has 17 heavy (non-hydrogen) atoms. The molecule has 1 radical (unpaired) electrons. The Labute approximate surface area is 117 Å². The molecule has 0 saturated carbocycles. The summed E-state index contributed by atoms with van der Waals surface area (Å²) in [5, 5.41) is 0. The van der Waals surface area contributed by atoms with E-state index in [1.54, 1.807) is 0 Å². The molecule has 1 aliphatic rings. The van der Waals surface area contributed by atoms with E-state index in [9.17, 15) is 0 Å². The number of ether oxygens (including phenoxy) is 2. The molecule has 0 N–H and O–H groups in total. The van der Waals surface area contributed by atoms with Crippen molar-refractivity contribution in [3.8, 4) is 5.75 Å². The first-order valence-electron chi connectivity index (χ1n) is 6.16. The van der Waals surface area contributed by atoms with E-state index in [2.05, 4.69) is 19.1 Å². The van der Waals surface area contributed by atoms with Gasteiger partial charge in [0.1, 0.15) is 11.9 Å². The maximum absolute atomic E-state index is 5.83. The van der Waals surface area contributed by atoms with Gasteiger partial charge in [-0.05, 0) is 19.1 Å². The molecular weight excluding hydrogens is 251 g/mol. The Morgan fingerprint density at radius 2 is 1.59 bits per heavy atom. The van der Waals surface area contributed by atoms with Crippen molar-refractivity contribution in [3.63, 3.8) is 0 Å². The van der Waals surface area contributed by atoms with Gasteiger partial charge >= 0.3 is 0 Å². The minimum Gasteiger partial charge on any atom is -0.490 e. The third-order valence-corrected chi connectivity index (χ3v) is 2.49. The smallest absolute Gasteiger partial charge is 0.119 e. The minimum atomic E-state index is 0. The Bertz CT molecular complexity index is 279. The molecule has 0 aromatic heterocycles. The van der Waals surface area contributed by atoms with Gasteiger partial charge in [-0.3, -0.25) is 0 Å². The van der Waals surface area contributed by atoms with Gasteiger partial charge in [0.2, 0.25) is 0 Å². The third kappa shape index (κ3) is 6.16. The molecule has 0 bridgehead atoms. The number of benzene rings is 1. The second kappa shape index (κ2) is 9.58. The van der Waals surface area contributed by atoms with Crippen LogP contribution < -0.4 is 4.74 Å². The predicted octanol–water partition coefficient (Wildman–Crippen LogP) is 3.58. The first-order valence-corrected chi connectivity index (χ1v) is 6.16. The zero-order chi connectivity index (χ0) is 11.8. The van der Waals surface area contributed by atoms with Crippen molar-refractivity contribution in [2.24, 2.45) is 0 Å². The zero-order valence-electron chi connectivity index (χ0n) is 11.0. The van der Waals surface area contributed by atoms with Crippen molar-refractivity contribution in [3.05, 3.63) is 29.8 Å². The van der Waals surface area contributed by atoms with Crippen LogP contribution in [0.15, 0.2) is 24.3 Å². The monoisotopic (exact) mass is 273 g/mol. The molecule has 0 aliphatic carbocycles. The van der Waals surface area contributed by atoms with Crippen LogP contribution in [0.5, 0.6) is 5.75 Å². The molecule has 1 fully saturated rings. The summed E-state index contributed by atoms with van der Waals surface area (Å²) in [6, 6.07) is 8.22. The maximum Gasteiger partial charge on any atom is 0.119 e. The molecular formula is C14H22O2V. The first kappa shape index (κ1) is 16.6. The summed E-state index contributed by atoms with van der Waals surface area (Å²) in [7, 11) is 0. The number of hydrogen-bond donors (Lipinski definition) is 0. The van der Waals surface area contributed by atoms with Gasteiger partial charge in [-0.2, -0.15) is 0 Å². The van der Waals surface area contributed by atoms with Crippen LogP contribution in [-0.2, 0) is 23.3 Å². The van der Waals surface area contributed by atoms with E-state index >= 15 is 0 Å². The van der Waals surface area contributed by atoms with Gasteiger partial charge in [-0.25, -0.2) is 0 Å². The normalized spacial score (nSPS) is 15.2. The Kier molecular flexibility index (Phi) is 9.33. The molecule has 0 atom stereocenters. The Morgan fingerprint density at radius 1 is 1.06 bits per heavy atom. The summed E-state index contributed by atoms with van der Waals surface area (Å²) < 4.78 is 11.1. The topological polar surface area (TPSA) is 18.5 Å². The van der Waals surface area contributed by atoms with Gasteiger partial charge < -0.3 is 9.47 Å². The third-order valence-electron chi connectivity index (χ3n) is 2.49. The van der Waals surface area contributed by atoms with Gasteiger partial charge in [-0.15, -0.1) is 0 Å². The van der Waals surface area contributed by atoms with Crippen molar-refractivity contribution in [2.45, 2.75) is 39.7 Å². The predicted molar refractivity (Wildman–Crippen MR) is 67.0 cm³/mol. The van der Waals surface area contributed by atoms with Gasteiger partial charge in [0.25, 0.3) is 0 Å². The average Bonchev–Trinajstić information content (AvgIpc) is 2.36. The molecule has 3 heteroatoms. The molecule has 1 aliphatic heterocycles. The van der Waals surface area contributed by atoms with Gasteiger partial charge in [0.15, 0.2) is 0 Å². The van der Waals surface area contributed by atoms with Crippen molar-refractivity contribution < 1.29 is 28.0 Å². The van der Waals surface area contributed by atoms with E-state index in [0.717, 1.165) is 31.8 Å². The summed E-state index contributed by atoms with van der Waals surface area (Å²) >= 11 is 0. The fourth-order valence-electron chi connectivity index (χ4n) is 1.60. The molecule has 0 unspecified atom stereocenters. The van der Waals surface area contributed by atoms with Gasteiger partial charge in [0, 0.05) is 31.4 Å². The second-order valence-corrected chi connectivity index (χ2v) is 3.74. The summed E-state index contributed by atoms with van der Waals surface area (Å²) in [6.07, 6.45) is 2.35. The van der Waals surface area contributed by atoms with Crippen molar-refractivity contribution in [1.82, 2.24) is 0 Å². The molecule has 0 amide bonds. The maximum atomic E-state index is 5.83. The van der Waals surface area contributed by atoms with Crippen molar-refractivity contribution >= 4 is 0 Å². The van der Waals surface area contributed by atoms with E-state index < -0.39 is 0 Å². The van der Waals surface area contributed by atoms with Crippen LogP contribution in [0.1, 0.15) is 32.3 Å². The summed E-state index contributed by atoms with van der Waals surface area (Å²) in [5.41, 5.74) is 1.27. The number of aryl methyl sites for hydroxylation is 1. The number of rotatable bonds is 2. The molecule has 1 aromatic carbocycles. The van der Waals surface area contributed by atoms with Crippen LogP contribution >= 0.6 is 0 Å². The minimum absolute atomic E-state index is 0. The molecule has 1 saturated heterocycles. The van der Waals surface area contributed by atoms with Crippen LogP contribution in [0.25, 0.3) is 0 Å². The van der Waals surface area contributed by atoms with Crippen LogP contribution in [-0.4, -0.2) is 19.3 Å². The van der Waals surface area contributed by atoms with Gasteiger partial charge in [-0.1, -0.05) is 31.5 Å². The molecule has 1 aromatic rings. The standard InChI is InChI=1S/C12H16O2.C2H6.V/c1-10-2-4-11(5-3-10)14-12-6-8-13-9-7-12;1-2;/h2-5,12H,6-9H2,1H3;1-2H3;. The van der Waals surface area contributed by atoms with E-state index in [4.69, 9.17) is 9.47 Å². The quantitative estimate of drug-likeness (QED) is 0.820. The largest absolute Gasteiger partial charge is 0.490 e. The van der Waals surface area contributed by atoms with Gasteiger partial charge in [0.05, 0.1) is 13.2 Å². The molecule has 1 heterocycles. The Hall–Kier alpha value is -0.436. The van der Waals surface area contributed by atoms with Crippen molar-refractivity contribution in [2.75, 3.05) is 13.2 Å². The van der Waals surface area contributed by atoms with Crippen molar-refractivity contribution in [1.29, 1.82) is 0 Å². The van der Waals surface area contributed by atoms with E-state index in [1.165, 1.54) is 5.56 Å². The average molecular weight is 273 g/mol. The fourth-order valence-corrected chi connectivity index (χ4v) is 1.60. The first-order chi connectivity index (χ1) is 7.84. The summed E-state index contributed by atoms with van der Waals surface area (Å²) in [5.74, 6) is 0.975. The molecule has 95 valence electrons. The van der Waals surface area contributed by atoms with Crippen LogP contribution in [0, 0.1) is 6.92 Å². The number of hydrogen-bond acceptors (Lipinski definition) is 2. The molecule has 0 spiro atoms. The summed E-state index contributed by atoms with van der Waals surface area (Å²) in [6.45, 7) is 7.74. The van der Waals surface area contributed by atoms with Crippen LogP contribution in [0.2, 0.25) is 0 Å².